The molecule has 94 valence electrons. The first-order valence-electron chi connectivity index (χ1n) is 4.66. The molecule has 0 aliphatic rings. The Morgan fingerprint density at radius 3 is 2.56 bits per heavy atom. The number of hydrogen-bond donors (Lipinski definition) is 1. The van der Waals surface area contributed by atoms with Gasteiger partial charge in [0.1, 0.15) is 11.5 Å². The maximum atomic E-state index is 13.1. The van der Waals surface area contributed by atoms with Gasteiger partial charge in [-0.1, -0.05) is 23.2 Å². The summed E-state index contributed by atoms with van der Waals surface area (Å²) >= 11 is 14.9. The minimum atomic E-state index is -1.16. The van der Waals surface area contributed by atoms with E-state index in [1.807, 2.05) is 0 Å². The van der Waals surface area contributed by atoms with Crippen LogP contribution in [0.4, 0.5) is 4.39 Å². The Hall–Kier alpha value is -1.04. The summed E-state index contributed by atoms with van der Waals surface area (Å²) in [7, 11) is 0. The highest BCUT2D eigenvalue weighted by Crippen LogP contribution is 2.32. The van der Waals surface area contributed by atoms with Crippen LogP contribution in [0.2, 0.25) is 10.0 Å². The van der Waals surface area contributed by atoms with Crippen molar-refractivity contribution in [2.45, 2.75) is 0 Å². The van der Waals surface area contributed by atoms with Gasteiger partial charge in [0.15, 0.2) is 0 Å². The Morgan fingerprint density at radius 2 is 2.00 bits per heavy atom. The zero-order valence-corrected chi connectivity index (χ0v) is 11.7. The predicted molar refractivity (Wildman–Crippen MR) is 70.4 cm³/mol. The van der Waals surface area contributed by atoms with Crippen LogP contribution >= 0.6 is 39.1 Å². The van der Waals surface area contributed by atoms with E-state index in [9.17, 15) is 9.18 Å². The van der Waals surface area contributed by atoms with Crippen LogP contribution in [0.5, 0.6) is 0 Å². The number of carboxylic acids is 1. The fourth-order valence-electron chi connectivity index (χ4n) is 1.54. The molecule has 7 heteroatoms. The van der Waals surface area contributed by atoms with Crippen molar-refractivity contribution >= 4 is 45.1 Å². The first-order chi connectivity index (χ1) is 8.40. The molecule has 0 unspecified atom stereocenters. The standard InChI is InChI=1S/C11H5BrCl2FNO2/c12-7-2-6(15)3-8(14)10(7)16-4-5(13)1-9(16)11(17)18/h1-4H,(H,17,18). The first-order valence-corrected chi connectivity index (χ1v) is 6.21. The van der Waals surface area contributed by atoms with E-state index in [1.165, 1.54) is 22.9 Å². The molecule has 1 aromatic heterocycles. The largest absolute Gasteiger partial charge is 0.477 e. The number of benzene rings is 1. The molecule has 1 aromatic carbocycles. The molecule has 0 atom stereocenters. The van der Waals surface area contributed by atoms with Crippen LogP contribution in [-0.4, -0.2) is 15.6 Å². The lowest BCUT2D eigenvalue weighted by Gasteiger charge is -2.11. The van der Waals surface area contributed by atoms with E-state index < -0.39 is 11.8 Å². The Balaban J connectivity index is 2.73. The number of aromatic carboxylic acids is 1. The van der Waals surface area contributed by atoms with Gasteiger partial charge in [-0.3, -0.25) is 0 Å². The molecule has 3 nitrogen and oxygen atoms in total. The van der Waals surface area contributed by atoms with E-state index in [0.717, 1.165) is 6.07 Å². The van der Waals surface area contributed by atoms with Crippen LogP contribution in [0, 0.1) is 5.82 Å². The van der Waals surface area contributed by atoms with Crippen LogP contribution in [0.15, 0.2) is 28.9 Å². The van der Waals surface area contributed by atoms with Crippen molar-refractivity contribution in [1.29, 1.82) is 0 Å². The van der Waals surface area contributed by atoms with Gasteiger partial charge >= 0.3 is 5.97 Å². The van der Waals surface area contributed by atoms with E-state index in [0.29, 0.717) is 10.2 Å². The quantitative estimate of drug-likeness (QED) is 0.871. The summed E-state index contributed by atoms with van der Waals surface area (Å²) in [6, 6.07) is 3.58. The number of nitrogens with zero attached hydrogens (tertiary/aromatic N) is 1. The molecule has 1 N–H and O–H groups in total. The normalized spacial score (nSPS) is 10.7. The molecular weight excluding hydrogens is 348 g/mol. The topological polar surface area (TPSA) is 42.2 Å². The second-order valence-electron chi connectivity index (χ2n) is 3.44. The summed E-state index contributed by atoms with van der Waals surface area (Å²) in [5.41, 5.74) is 0.261. The van der Waals surface area contributed by atoms with Gasteiger partial charge in [-0.05, 0) is 34.1 Å². The molecule has 2 rings (SSSR count). The first kappa shape index (κ1) is 13.4. The summed E-state index contributed by atoms with van der Waals surface area (Å²) in [5.74, 6) is -1.68. The molecule has 18 heavy (non-hydrogen) atoms. The van der Waals surface area contributed by atoms with E-state index in [1.54, 1.807) is 0 Å². The molecule has 2 aromatic rings. The smallest absolute Gasteiger partial charge is 0.352 e. The van der Waals surface area contributed by atoms with E-state index in [2.05, 4.69) is 15.9 Å². The van der Waals surface area contributed by atoms with Gasteiger partial charge in [-0.2, -0.15) is 0 Å². The van der Waals surface area contributed by atoms with Gasteiger partial charge in [-0.15, -0.1) is 0 Å². The van der Waals surface area contributed by atoms with Crippen molar-refractivity contribution in [2.24, 2.45) is 0 Å². The fourth-order valence-corrected chi connectivity index (χ4v) is 2.78. The number of carbonyl (C=O) groups is 1. The molecule has 0 radical (unpaired) electrons. The number of carboxylic acid groups (broad SMARTS) is 1. The maximum absolute atomic E-state index is 13.1. The Bertz CT molecular complexity index is 619. The van der Waals surface area contributed by atoms with Gasteiger partial charge in [0.2, 0.25) is 0 Å². The van der Waals surface area contributed by atoms with Gasteiger partial charge in [0.25, 0.3) is 0 Å². The Morgan fingerprint density at radius 1 is 1.33 bits per heavy atom. The van der Waals surface area contributed by atoms with Gasteiger partial charge in [-0.25, -0.2) is 9.18 Å². The highest BCUT2D eigenvalue weighted by atomic mass is 79.9. The molecule has 0 amide bonds. The molecule has 0 spiro atoms. The zero-order chi connectivity index (χ0) is 13.4. The average molecular weight is 353 g/mol. The van der Waals surface area contributed by atoms with Crippen LogP contribution in [0.3, 0.4) is 0 Å². The molecule has 0 bridgehead atoms. The monoisotopic (exact) mass is 351 g/mol. The lowest BCUT2D eigenvalue weighted by molar-refractivity contribution is 0.0688. The van der Waals surface area contributed by atoms with Crippen molar-refractivity contribution in [3.8, 4) is 5.69 Å². The SMILES string of the molecule is O=C(O)c1cc(Cl)cn1-c1c(Cl)cc(F)cc1Br. The third-order valence-electron chi connectivity index (χ3n) is 2.23. The second kappa shape index (κ2) is 4.91. The summed E-state index contributed by atoms with van der Waals surface area (Å²) in [6.07, 6.45) is 1.40. The highest BCUT2D eigenvalue weighted by molar-refractivity contribution is 9.10. The lowest BCUT2D eigenvalue weighted by atomic mass is 10.3. The summed E-state index contributed by atoms with van der Waals surface area (Å²) < 4.78 is 14.7. The van der Waals surface area contributed by atoms with Crippen molar-refractivity contribution in [1.82, 2.24) is 4.57 Å². The van der Waals surface area contributed by atoms with E-state index in [4.69, 9.17) is 28.3 Å². The third kappa shape index (κ3) is 2.39. The van der Waals surface area contributed by atoms with E-state index in [-0.39, 0.29) is 15.7 Å². The molecule has 1 heterocycles. The number of hydrogen-bond acceptors (Lipinski definition) is 1. The molecule has 0 aliphatic carbocycles. The summed E-state index contributed by atoms with van der Waals surface area (Å²) in [5, 5.41) is 9.39. The van der Waals surface area contributed by atoms with Gasteiger partial charge in [0.05, 0.1) is 15.7 Å². The Kier molecular flexibility index (Phi) is 3.66. The minimum Gasteiger partial charge on any atom is -0.477 e. The van der Waals surface area contributed by atoms with Crippen LogP contribution in [-0.2, 0) is 0 Å². The number of rotatable bonds is 2. The van der Waals surface area contributed by atoms with Crippen LogP contribution < -0.4 is 0 Å². The van der Waals surface area contributed by atoms with Crippen molar-refractivity contribution in [2.75, 3.05) is 0 Å². The average Bonchev–Trinajstić information content (AvgIpc) is 2.58. The van der Waals surface area contributed by atoms with Crippen LogP contribution in [0.1, 0.15) is 10.5 Å². The van der Waals surface area contributed by atoms with Gasteiger partial charge < -0.3 is 9.67 Å². The van der Waals surface area contributed by atoms with Gasteiger partial charge in [0, 0.05) is 10.7 Å². The molecule has 0 saturated carbocycles. The molecule has 0 fully saturated rings. The van der Waals surface area contributed by atoms with Crippen LogP contribution in [0.25, 0.3) is 5.69 Å². The number of halogens is 4. The van der Waals surface area contributed by atoms with Crippen molar-refractivity contribution in [3.05, 3.63) is 50.4 Å². The molecule has 0 saturated heterocycles. The number of aromatic nitrogens is 1. The molecule has 0 aliphatic heterocycles. The predicted octanol–water partition coefficient (Wildman–Crippen LogP) is 4.38. The van der Waals surface area contributed by atoms with Crippen molar-refractivity contribution < 1.29 is 14.3 Å². The maximum Gasteiger partial charge on any atom is 0.352 e. The Labute approximate surface area is 120 Å². The third-order valence-corrected chi connectivity index (χ3v) is 3.33. The van der Waals surface area contributed by atoms with E-state index >= 15 is 0 Å². The highest BCUT2D eigenvalue weighted by Gasteiger charge is 2.18. The second-order valence-corrected chi connectivity index (χ2v) is 5.13. The molecular formula is C11H5BrCl2FNO2. The lowest BCUT2D eigenvalue weighted by Crippen LogP contribution is -2.07. The zero-order valence-electron chi connectivity index (χ0n) is 8.62. The fraction of sp³-hybridized carbons (Fsp3) is 0. The minimum absolute atomic E-state index is 0.0609. The summed E-state index contributed by atoms with van der Waals surface area (Å²) in [6.45, 7) is 0. The summed E-state index contributed by atoms with van der Waals surface area (Å²) in [4.78, 5) is 11.1. The van der Waals surface area contributed by atoms with Crippen molar-refractivity contribution in [3.63, 3.8) is 0 Å².